The Labute approximate surface area is 103 Å². The summed E-state index contributed by atoms with van der Waals surface area (Å²) in [4.78, 5) is 2.40. The van der Waals surface area contributed by atoms with E-state index in [4.69, 9.17) is 5.73 Å². The van der Waals surface area contributed by atoms with Crippen LogP contribution in [0.1, 0.15) is 24.8 Å². The van der Waals surface area contributed by atoms with E-state index in [-0.39, 0.29) is 6.61 Å². The Hall–Kier alpha value is -1.06. The summed E-state index contributed by atoms with van der Waals surface area (Å²) in [6, 6.07) is 8.40. The van der Waals surface area contributed by atoms with Gasteiger partial charge in [-0.15, -0.1) is 0 Å². The Balaban J connectivity index is 1.90. The lowest BCUT2D eigenvalue weighted by atomic mass is 10.0. The Morgan fingerprint density at radius 3 is 2.88 bits per heavy atom. The smallest absolute Gasteiger partial charge is 0.0586 e. The highest BCUT2D eigenvalue weighted by atomic mass is 16.3. The normalized spacial score (nSPS) is 21.6. The third-order valence-corrected chi connectivity index (χ3v) is 3.68. The molecule has 3 heteroatoms. The predicted molar refractivity (Wildman–Crippen MR) is 70.9 cm³/mol. The van der Waals surface area contributed by atoms with Crippen LogP contribution < -0.4 is 5.73 Å². The number of aliphatic hydroxyl groups excluding tert-OH is 1. The van der Waals surface area contributed by atoms with Crippen LogP contribution in [-0.4, -0.2) is 35.7 Å². The molecule has 2 rings (SSSR count). The average Bonchev–Trinajstić information content (AvgIpc) is 2.38. The number of rotatable bonds is 4. The van der Waals surface area contributed by atoms with E-state index in [1.165, 1.54) is 18.4 Å². The molecule has 3 N–H and O–H groups in total. The zero-order valence-electron chi connectivity index (χ0n) is 10.3. The van der Waals surface area contributed by atoms with Crippen molar-refractivity contribution in [3.8, 4) is 0 Å². The topological polar surface area (TPSA) is 49.5 Å². The van der Waals surface area contributed by atoms with Crippen molar-refractivity contribution in [1.29, 1.82) is 0 Å². The lowest BCUT2D eigenvalue weighted by Crippen LogP contribution is -2.42. The first-order valence-corrected chi connectivity index (χ1v) is 6.49. The summed E-state index contributed by atoms with van der Waals surface area (Å²) in [5.41, 5.74) is 8.03. The largest absolute Gasteiger partial charge is 0.399 e. The van der Waals surface area contributed by atoms with E-state index in [0.29, 0.717) is 6.04 Å². The van der Waals surface area contributed by atoms with Gasteiger partial charge in [-0.3, -0.25) is 4.90 Å². The zero-order chi connectivity index (χ0) is 12.1. The average molecular weight is 234 g/mol. The number of hydrogen-bond acceptors (Lipinski definition) is 3. The van der Waals surface area contributed by atoms with Crippen LogP contribution in [0.4, 0.5) is 5.69 Å². The molecule has 0 spiro atoms. The van der Waals surface area contributed by atoms with Crippen LogP contribution in [-0.2, 0) is 6.42 Å². The van der Waals surface area contributed by atoms with Crippen LogP contribution in [0.5, 0.6) is 0 Å². The molecule has 0 saturated carbocycles. The number of anilines is 1. The van der Waals surface area contributed by atoms with Gasteiger partial charge in [-0.1, -0.05) is 24.6 Å². The second-order valence-corrected chi connectivity index (χ2v) is 4.82. The van der Waals surface area contributed by atoms with Gasteiger partial charge in [0.1, 0.15) is 0 Å². The van der Waals surface area contributed by atoms with Crippen molar-refractivity contribution in [3.05, 3.63) is 29.8 Å². The molecule has 1 unspecified atom stereocenters. The lowest BCUT2D eigenvalue weighted by Gasteiger charge is -2.34. The minimum atomic E-state index is 0.282. The van der Waals surface area contributed by atoms with Gasteiger partial charge >= 0.3 is 0 Å². The molecule has 0 aromatic heterocycles. The number of aliphatic hydroxyl groups is 1. The van der Waals surface area contributed by atoms with E-state index in [1.807, 2.05) is 18.2 Å². The lowest BCUT2D eigenvalue weighted by molar-refractivity contribution is 0.0914. The van der Waals surface area contributed by atoms with Crippen molar-refractivity contribution >= 4 is 5.69 Å². The second kappa shape index (κ2) is 6.03. The van der Waals surface area contributed by atoms with Crippen LogP contribution in [0.3, 0.4) is 0 Å². The van der Waals surface area contributed by atoms with E-state index in [2.05, 4.69) is 11.0 Å². The van der Waals surface area contributed by atoms with Crippen LogP contribution in [0.15, 0.2) is 24.3 Å². The number of nitrogens with zero attached hydrogens (tertiary/aromatic N) is 1. The molecule has 0 amide bonds. The van der Waals surface area contributed by atoms with E-state index in [1.54, 1.807) is 0 Å². The number of nitrogen functional groups attached to an aromatic ring is 1. The standard InChI is InChI=1S/C14H22N2O/c15-14-7-2-1-5-12(14)8-10-16-9-4-3-6-13(16)11-17/h1-2,5,7,13,17H,3-4,6,8-11,15H2. The molecule has 17 heavy (non-hydrogen) atoms. The molecule has 1 heterocycles. The molecule has 0 radical (unpaired) electrons. The summed E-state index contributed by atoms with van der Waals surface area (Å²) in [5, 5.41) is 9.35. The van der Waals surface area contributed by atoms with Gasteiger partial charge in [0.2, 0.25) is 0 Å². The third-order valence-electron chi connectivity index (χ3n) is 3.68. The van der Waals surface area contributed by atoms with Crippen molar-refractivity contribution in [2.75, 3.05) is 25.4 Å². The van der Waals surface area contributed by atoms with Crippen LogP contribution in [0, 0.1) is 0 Å². The van der Waals surface area contributed by atoms with E-state index in [9.17, 15) is 5.11 Å². The van der Waals surface area contributed by atoms with Crippen molar-refractivity contribution in [3.63, 3.8) is 0 Å². The summed E-state index contributed by atoms with van der Waals surface area (Å²) in [6.07, 6.45) is 4.60. The molecule has 0 aliphatic carbocycles. The number of benzene rings is 1. The van der Waals surface area contributed by atoms with Gasteiger partial charge in [0, 0.05) is 18.3 Å². The first kappa shape index (κ1) is 12.4. The van der Waals surface area contributed by atoms with Gasteiger partial charge < -0.3 is 10.8 Å². The highest BCUT2D eigenvalue weighted by Crippen LogP contribution is 2.18. The van der Waals surface area contributed by atoms with Gasteiger partial charge in [-0.2, -0.15) is 0 Å². The van der Waals surface area contributed by atoms with Gasteiger partial charge in [0.05, 0.1) is 6.61 Å². The second-order valence-electron chi connectivity index (χ2n) is 4.82. The molecule has 1 aromatic carbocycles. The molecule has 0 bridgehead atoms. The molecule has 1 aliphatic heterocycles. The van der Waals surface area contributed by atoms with Gasteiger partial charge in [-0.25, -0.2) is 0 Å². The summed E-state index contributed by atoms with van der Waals surface area (Å²) >= 11 is 0. The number of likely N-dealkylation sites (tertiary alicyclic amines) is 1. The zero-order valence-corrected chi connectivity index (χ0v) is 10.3. The number of piperidine rings is 1. The fraction of sp³-hybridized carbons (Fsp3) is 0.571. The molecular formula is C14H22N2O. The Morgan fingerprint density at radius 2 is 2.12 bits per heavy atom. The maximum atomic E-state index is 9.35. The van der Waals surface area contributed by atoms with Crippen molar-refractivity contribution in [2.24, 2.45) is 0 Å². The number of nitrogens with two attached hydrogens (primary N) is 1. The van der Waals surface area contributed by atoms with E-state index >= 15 is 0 Å². The SMILES string of the molecule is Nc1ccccc1CCN1CCCCC1CO. The number of para-hydroxylation sites is 1. The number of hydrogen-bond donors (Lipinski definition) is 2. The summed E-state index contributed by atoms with van der Waals surface area (Å²) in [6.45, 7) is 2.39. The molecule has 1 aromatic rings. The van der Waals surface area contributed by atoms with Crippen molar-refractivity contribution in [2.45, 2.75) is 31.7 Å². The Morgan fingerprint density at radius 1 is 1.29 bits per heavy atom. The quantitative estimate of drug-likeness (QED) is 0.779. The maximum Gasteiger partial charge on any atom is 0.0586 e. The Bertz CT molecular complexity index is 354. The summed E-state index contributed by atoms with van der Waals surface area (Å²) in [7, 11) is 0. The highest BCUT2D eigenvalue weighted by Gasteiger charge is 2.20. The monoisotopic (exact) mass is 234 g/mol. The molecular weight excluding hydrogens is 212 g/mol. The van der Waals surface area contributed by atoms with Crippen LogP contribution in [0.25, 0.3) is 0 Å². The fourth-order valence-electron chi connectivity index (χ4n) is 2.59. The fourth-order valence-corrected chi connectivity index (χ4v) is 2.59. The Kier molecular flexibility index (Phi) is 4.40. The highest BCUT2D eigenvalue weighted by molar-refractivity contribution is 5.46. The minimum absolute atomic E-state index is 0.282. The summed E-state index contributed by atoms with van der Waals surface area (Å²) in [5.74, 6) is 0. The van der Waals surface area contributed by atoms with Gasteiger partial charge in [0.25, 0.3) is 0 Å². The van der Waals surface area contributed by atoms with Crippen molar-refractivity contribution in [1.82, 2.24) is 4.90 Å². The van der Waals surface area contributed by atoms with Crippen molar-refractivity contribution < 1.29 is 5.11 Å². The van der Waals surface area contributed by atoms with Gasteiger partial charge in [-0.05, 0) is 37.4 Å². The van der Waals surface area contributed by atoms with Crippen LogP contribution >= 0.6 is 0 Å². The van der Waals surface area contributed by atoms with E-state index < -0.39 is 0 Å². The molecule has 3 nitrogen and oxygen atoms in total. The predicted octanol–water partition coefficient (Wildman–Crippen LogP) is 1.66. The third kappa shape index (κ3) is 3.20. The molecule has 94 valence electrons. The maximum absolute atomic E-state index is 9.35. The molecule has 1 aliphatic rings. The minimum Gasteiger partial charge on any atom is -0.399 e. The molecule has 1 saturated heterocycles. The van der Waals surface area contributed by atoms with E-state index in [0.717, 1.165) is 31.6 Å². The molecule has 1 fully saturated rings. The first-order valence-electron chi connectivity index (χ1n) is 6.49. The van der Waals surface area contributed by atoms with Gasteiger partial charge in [0.15, 0.2) is 0 Å². The van der Waals surface area contributed by atoms with Crippen LogP contribution in [0.2, 0.25) is 0 Å². The first-order chi connectivity index (χ1) is 8.31. The molecule has 1 atom stereocenters. The summed E-state index contributed by atoms with van der Waals surface area (Å²) < 4.78 is 0.